The summed E-state index contributed by atoms with van der Waals surface area (Å²) in [7, 11) is 4.18. The van der Waals surface area contributed by atoms with Gasteiger partial charge in [0, 0.05) is 49.0 Å². The average Bonchev–Trinajstić information content (AvgIpc) is 3.33. The van der Waals surface area contributed by atoms with Gasteiger partial charge < -0.3 is 55.6 Å². The molecular weight excluding hydrogens is 983 g/mol. The summed E-state index contributed by atoms with van der Waals surface area (Å²) in [5.74, 6) is 6.43. The summed E-state index contributed by atoms with van der Waals surface area (Å²) >= 11 is 0. The lowest BCUT2D eigenvalue weighted by Crippen LogP contribution is -2.23. The number of aromatic nitrogens is 6. The second-order valence-corrected chi connectivity index (χ2v) is 20.5. The third-order valence-corrected chi connectivity index (χ3v) is 12.7. The van der Waals surface area contributed by atoms with Gasteiger partial charge in [-0.05, 0) is 82.7 Å². The largest absolute Gasteiger partial charge is 0.496 e. The number of rotatable bonds is 17. The Balaban J connectivity index is 0.000000244. The van der Waals surface area contributed by atoms with Crippen molar-refractivity contribution in [3.63, 3.8) is 0 Å². The van der Waals surface area contributed by atoms with Crippen LogP contribution in [0.15, 0.2) is 59.9 Å². The highest BCUT2D eigenvalue weighted by Gasteiger charge is 2.27. The van der Waals surface area contributed by atoms with Crippen LogP contribution in [0.3, 0.4) is 0 Å². The second-order valence-electron chi connectivity index (χ2n) is 18.8. The molecule has 0 radical (unpaired) electrons. The van der Waals surface area contributed by atoms with E-state index in [0.29, 0.717) is 68.8 Å². The molecule has 3 aromatic heterocycles. The van der Waals surface area contributed by atoms with Gasteiger partial charge in [-0.3, -0.25) is 4.79 Å². The molecule has 0 atom stereocenters. The fraction of sp³-hybridized carbons (Fsp3) is 0.415. The summed E-state index contributed by atoms with van der Waals surface area (Å²) in [6, 6.07) is 10.3. The van der Waals surface area contributed by atoms with E-state index >= 15 is 0 Å². The number of anilines is 3. The summed E-state index contributed by atoms with van der Waals surface area (Å²) in [5, 5.41) is 10.4. The predicted molar refractivity (Wildman–Crippen MR) is 289 cm³/mol. The molecule has 3 aromatic carbocycles. The summed E-state index contributed by atoms with van der Waals surface area (Å²) < 4.78 is 61.4. The number of carbonyl (C=O) groups is 1. The standard InChI is InChI=1S/C18H24N4O3.C18H25N3O3.C17H24N4O4S/c1-10(2)12-7-14(24-6)13(18(23)22(4)5)8-15(12)25-16-9-20-11(3)21-17(16)19;1-10(2)12-7-15(23-6)13(18(4,5)22)8-14(12)24-16-9-20-11(3)21-17(16)19;1-6-20-26(22,23)16-8-13(12(10(2)3)7-14(16)24-5)25-15-9-19-11(4)21-17(15)18/h7-10H,1-6H3,(H2,19,20,21);7-10,22H,1-6H3,(H2,19,20,21);7-10,20H,6H2,1-5H3,(H2,18,19,21). The Morgan fingerprint density at radius 3 is 1.29 bits per heavy atom. The lowest BCUT2D eigenvalue weighted by Gasteiger charge is -2.24. The topological polar surface area (TPSA) is 297 Å². The van der Waals surface area contributed by atoms with Crippen LogP contribution in [0.25, 0.3) is 0 Å². The van der Waals surface area contributed by atoms with Crippen LogP contribution in [0.5, 0.6) is 51.7 Å². The van der Waals surface area contributed by atoms with Gasteiger partial charge in [-0.1, -0.05) is 48.5 Å². The van der Waals surface area contributed by atoms with Crippen LogP contribution in [0, 0.1) is 20.8 Å². The summed E-state index contributed by atoms with van der Waals surface area (Å²) in [5.41, 5.74) is 20.3. The number of nitrogens with zero attached hydrogens (tertiary/aromatic N) is 7. The van der Waals surface area contributed by atoms with E-state index in [9.17, 15) is 18.3 Å². The van der Waals surface area contributed by atoms with E-state index in [1.54, 1.807) is 87.1 Å². The van der Waals surface area contributed by atoms with Crippen LogP contribution in [0.1, 0.15) is 130 Å². The van der Waals surface area contributed by atoms with E-state index in [4.69, 9.17) is 45.6 Å². The van der Waals surface area contributed by atoms with Gasteiger partial charge in [0.05, 0.1) is 51.1 Å². The number of benzene rings is 3. The van der Waals surface area contributed by atoms with E-state index in [0.717, 1.165) is 16.7 Å². The number of sulfonamides is 1. The number of carbonyl (C=O) groups excluding carboxylic acids is 1. The van der Waals surface area contributed by atoms with Crippen LogP contribution < -0.4 is 50.3 Å². The molecule has 0 bridgehead atoms. The zero-order chi connectivity index (χ0) is 56.3. The van der Waals surface area contributed by atoms with E-state index in [-0.39, 0.29) is 64.1 Å². The Labute approximate surface area is 440 Å². The molecule has 0 spiro atoms. The van der Waals surface area contributed by atoms with Crippen LogP contribution >= 0.6 is 0 Å². The Kier molecular flexibility index (Phi) is 20.5. The Morgan fingerprint density at radius 1 is 0.600 bits per heavy atom. The molecule has 0 aliphatic carbocycles. The second kappa shape index (κ2) is 25.6. The molecule has 0 aliphatic heterocycles. The minimum absolute atomic E-state index is 0.00662. The molecule has 406 valence electrons. The maximum atomic E-state index is 12.5. The van der Waals surface area contributed by atoms with Gasteiger partial charge in [-0.15, -0.1) is 0 Å². The highest BCUT2D eigenvalue weighted by molar-refractivity contribution is 7.89. The number of aryl methyl sites for hydroxylation is 3. The van der Waals surface area contributed by atoms with Crippen molar-refractivity contribution >= 4 is 33.4 Å². The number of nitrogens with one attached hydrogen (secondary N) is 1. The van der Waals surface area contributed by atoms with Crippen molar-refractivity contribution in [1.29, 1.82) is 0 Å². The molecular formula is C53H73N11O10S. The molecule has 1 amide bonds. The fourth-order valence-corrected chi connectivity index (χ4v) is 8.41. The number of methoxy groups -OCH3 is 3. The van der Waals surface area contributed by atoms with Crippen molar-refractivity contribution in [2.24, 2.45) is 0 Å². The molecule has 75 heavy (non-hydrogen) atoms. The lowest BCUT2D eigenvalue weighted by atomic mass is 9.92. The van der Waals surface area contributed by atoms with E-state index < -0.39 is 15.6 Å². The molecule has 0 unspecified atom stereocenters. The van der Waals surface area contributed by atoms with Crippen molar-refractivity contribution < 1.29 is 46.7 Å². The molecule has 22 heteroatoms. The molecule has 6 aromatic rings. The molecule has 0 fully saturated rings. The molecule has 8 N–H and O–H groups in total. The van der Waals surface area contributed by atoms with Gasteiger partial charge in [0.1, 0.15) is 56.9 Å². The minimum atomic E-state index is -3.74. The highest BCUT2D eigenvalue weighted by atomic mass is 32.2. The third-order valence-electron chi connectivity index (χ3n) is 11.1. The Bertz CT molecular complexity index is 3070. The van der Waals surface area contributed by atoms with Gasteiger partial charge in [0.25, 0.3) is 5.91 Å². The normalized spacial score (nSPS) is 11.3. The Hall–Kier alpha value is -7.56. The first-order valence-electron chi connectivity index (χ1n) is 24.0. The molecule has 21 nitrogen and oxygen atoms in total. The lowest BCUT2D eigenvalue weighted by molar-refractivity contribution is 0.0753. The average molecular weight is 1060 g/mol. The molecule has 0 saturated heterocycles. The number of hydrogen-bond donors (Lipinski definition) is 5. The number of nitrogens with two attached hydrogens (primary N) is 3. The zero-order valence-electron chi connectivity index (χ0n) is 46.0. The first kappa shape index (κ1) is 60.0. The number of amides is 1. The van der Waals surface area contributed by atoms with Crippen molar-refractivity contribution in [3.05, 3.63) is 100 Å². The van der Waals surface area contributed by atoms with E-state index in [2.05, 4.69) is 48.5 Å². The van der Waals surface area contributed by atoms with Crippen LogP contribution in [0.4, 0.5) is 17.5 Å². The summed E-state index contributed by atoms with van der Waals surface area (Å²) in [4.78, 5) is 38.5. The predicted octanol–water partition coefficient (Wildman–Crippen LogP) is 9.10. The molecule has 3 heterocycles. The van der Waals surface area contributed by atoms with Crippen molar-refractivity contribution in [1.82, 2.24) is 39.5 Å². The van der Waals surface area contributed by atoms with Crippen LogP contribution in [-0.2, 0) is 15.6 Å². The van der Waals surface area contributed by atoms with E-state index in [1.165, 1.54) is 37.6 Å². The van der Waals surface area contributed by atoms with Gasteiger partial charge >= 0.3 is 0 Å². The Morgan fingerprint density at radius 2 is 0.960 bits per heavy atom. The first-order valence-corrected chi connectivity index (χ1v) is 25.5. The zero-order valence-corrected chi connectivity index (χ0v) is 46.8. The molecule has 0 aliphatic rings. The minimum Gasteiger partial charge on any atom is -0.496 e. The maximum Gasteiger partial charge on any atom is 0.257 e. The molecule has 6 rings (SSSR count). The highest BCUT2D eigenvalue weighted by Crippen LogP contribution is 2.42. The van der Waals surface area contributed by atoms with Gasteiger partial charge in [0.15, 0.2) is 34.7 Å². The molecule has 0 saturated carbocycles. The monoisotopic (exact) mass is 1060 g/mol. The summed E-state index contributed by atoms with van der Waals surface area (Å²) in [6.07, 6.45) is 4.54. The summed E-state index contributed by atoms with van der Waals surface area (Å²) in [6.45, 7) is 22.7. The first-order chi connectivity index (χ1) is 35.1. The van der Waals surface area contributed by atoms with Crippen molar-refractivity contribution in [2.45, 2.75) is 111 Å². The number of hydrogen-bond acceptors (Lipinski definition) is 19. The fourth-order valence-electron chi connectivity index (χ4n) is 7.21. The van der Waals surface area contributed by atoms with Crippen LogP contribution in [0.2, 0.25) is 0 Å². The maximum absolute atomic E-state index is 12.5. The third kappa shape index (κ3) is 15.5. The van der Waals surface area contributed by atoms with Gasteiger partial charge in [0.2, 0.25) is 10.0 Å². The smallest absolute Gasteiger partial charge is 0.257 e. The van der Waals surface area contributed by atoms with Crippen molar-refractivity contribution in [2.75, 3.05) is 59.2 Å². The van der Waals surface area contributed by atoms with Gasteiger partial charge in [-0.25, -0.2) is 43.0 Å². The van der Waals surface area contributed by atoms with Crippen LogP contribution in [-0.4, -0.2) is 96.2 Å². The van der Waals surface area contributed by atoms with Gasteiger partial charge in [-0.2, -0.15) is 0 Å². The van der Waals surface area contributed by atoms with Crippen molar-refractivity contribution in [3.8, 4) is 51.7 Å². The number of aliphatic hydroxyl groups is 1. The number of ether oxygens (including phenoxy) is 6. The SMILES string of the molecule is CCNS(=O)(=O)c1cc(Oc2cnc(C)nc2N)c(C(C)C)cc1OC.COc1cc(C(C)C)c(Oc2cnc(C)nc2N)cc1C(=O)N(C)C.COc1cc(C(C)C)c(Oc2cnc(C)nc2N)cc1C(C)(C)O. The number of nitrogen functional groups attached to an aromatic ring is 3. The van der Waals surface area contributed by atoms with E-state index in [1.807, 2.05) is 39.8 Å². The quantitative estimate of drug-likeness (QED) is 0.0568.